The number of hydrogen-bond acceptors (Lipinski definition) is 5. The Balaban J connectivity index is 1.72. The van der Waals surface area contributed by atoms with Gasteiger partial charge in [0.15, 0.2) is 5.82 Å². The second-order valence-corrected chi connectivity index (χ2v) is 6.86. The fourth-order valence-corrected chi connectivity index (χ4v) is 4.44. The smallest absolute Gasteiger partial charge is 0.231 e. The third kappa shape index (κ3) is 2.97. The van der Waals surface area contributed by atoms with Gasteiger partial charge in [0.2, 0.25) is 5.89 Å². The van der Waals surface area contributed by atoms with Crippen LogP contribution < -0.4 is 5.32 Å². The normalized spacial score (nSPS) is 31.7. The highest BCUT2D eigenvalue weighted by Crippen LogP contribution is 2.39. The summed E-state index contributed by atoms with van der Waals surface area (Å²) in [5.41, 5.74) is 0. The molecule has 0 radical (unpaired) electrons. The Labute approximate surface area is 119 Å². The third-order valence-corrected chi connectivity index (χ3v) is 5.60. The quantitative estimate of drug-likeness (QED) is 0.918. The molecule has 0 bridgehead atoms. The van der Waals surface area contributed by atoms with E-state index in [2.05, 4.69) is 17.4 Å². The van der Waals surface area contributed by atoms with E-state index in [4.69, 9.17) is 9.51 Å². The summed E-state index contributed by atoms with van der Waals surface area (Å²) in [5, 5.41) is 8.28. The molecule has 2 aliphatic rings. The van der Waals surface area contributed by atoms with Gasteiger partial charge < -0.3 is 9.84 Å². The van der Waals surface area contributed by atoms with Crippen LogP contribution in [0.5, 0.6) is 0 Å². The summed E-state index contributed by atoms with van der Waals surface area (Å²) in [4.78, 5) is 4.71. The van der Waals surface area contributed by atoms with Crippen molar-refractivity contribution in [2.75, 3.05) is 12.3 Å². The summed E-state index contributed by atoms with van der Waals surface area (Å²) in [5.74, 6) is 3.45. The van der Waals surface area contributed by atoms with Crippen LogP contribution in [0.1, 0.15) is 68.3 Å². The van der Waals surface area contributed by atoms with E-state index in [9.17, 15) is 0 Å². The van der Waals surface area contributed by atoms with Gasteiger partial charge in [-0.05, 0) is 38.0 Å². The molecule has 3 rings (SSSR count). The van der Waals surface area contributed by atoms with Crippen molar-refractivity contribution in [3.8, 4) is 0 Å². The van der Waals surface area contributed by atoms with E-state index in [1.165, 1.54) is 44.3 Å². The predicted octanol–water partition coefficient (Wildman–Crippen LogP) is 3.27. The van der Waals surface area contributed by atoms with E-state index in [1.807, 2.05) is 11.8 Å². The molecule has 1 aromatic heterocycles. The first-order valence-electron chi connectivity index (χ1n) is 7.57. The van der Waals surface area contributed by atoms with Crippen molar-refractivity contribution >= 4 is 11.8 Å². The van der Waals surface area contributed by atoms with Crippen LogP contribution in [0.4, 0.5) is 0 Å². The minimum absolute atomic E-state index is 0.418. The Morgan fingerprint density at radius 3 is 2.95 bits per heavy atom. The van der Waals surface area contributed by atoms with Crippen molar-refractivity contribution in [2.24, 2.45) is 0 Å². The highest BCUT2D eigenvalue weighted by atomic mass is 32.2. The zero-order valence-corrected chi connectivity index (χ0v) is 12.4. The van der Waals surface area contributed by atoms with Gasteiger partial charge in [0.25, 0.3) is 0 Å². The van der Waals surface area contributed by atoms with Gasteiger partial charge in [-0.25, -0.2) is 0 Å². The molecule has 1 aliphatic carbocycles. The lowest BCUT2D eigenvalue weighted by atomic mass is 9.84. The van der Waals surface area contributed by atoms with E-state index < -0.39 is 0 Å². The maximum Gasteiger partial charge on any atom is 0.231 e. The number of thioether (sulfide) groups is 1. The number of aromatic nitrogens is 2. The summed E-state index contributed by atoms with van der Waals surface area (Å²) in [7, 11) is 0. The third-order valence-electron chi connectivity index (χ3n) is 4.22. The molecule has 0 aromatic carbocycles. The maximum atomic E-state index is 5.58. The van der Waals surface area contributed by atoms with Crippen molar-refractivity contribution in [1.82, 2.24) is 15.5 Å². The van der Waals surface area contributed by atoms with Gasteiger partial charge in [-0.15, -0.1) is 0 Å². The Hall–Kier alpha value is -0.550. The van der Waals surface area contributed by atoms with Crippen molar-refractivity contribution in [3.63, 3.8) is 0 Å². The molecular formula is C14H23N3OS. The molecule has 0 amide bonds. The van der Waals surface area contributed by atoms with E-state index in [-0.39, 0.29) is 0 Å². The second-order valence-electron chi connectivity index (χ2n) is 5.55. The van der Waals surface area contributed by atoms with Crippen LogP contribution in [0, 0.1) is 0 Å². The van der Waals surface area contributed by atoms with Crippen LogP contribution in [0.15, 0.2) is 4.52 Å². The lowest BCUT2D eigenvalue weighted by Crippen LogP contribution is -2.37. The summed E-state index contributed by atoms with van der Waals surface area (Å²) in [6.45, 7) is 3.18. The van der Waals surface area contributed by atoms with Gasteiger partial charge in [-0.2, -0.15) is 16.7 Å². The molecule has 3 unspecified atom stereocenters. The Morgan fingerprint density at radius 1 is 1.26 bits per heavy atom. The van der Waals surface area contributed by atoms with Gasteiger partial charge in [-0.1, -0.05) is 24.9 Å². The molecule has 0 spiro atoms. The first-order valence-corrected chi connectivity index (χ1v) is 8.62. The summed E-state index contributed by atoms with van der Waals surface area (Å²) in [6, 6.07) is 0.517. The molecule has 1 aromatic rings. The largest absolute Gasteiger partial charge is 0.339 e. The van der Waals surface area contributed by atoms with Crippen LogP contribution in [0.3, 0.4) is 0 Å². The molecule has 1 saturated carbocycles. The molecule has 106 valence electrons. The molecule has 1 N–H and O–H groups in total. The number of likely N-dealkylation sites (N-methyl/N-ethyl adjacent to an activating group) is 1. The molecule has 19 heavy (non-hydrogen) atoms. The zero-order chi connectivity index (χ0) is 13.1. The first-order chi connectivity index (χ1) is 9.38. The van der Waals surface area contributed by atoms with Crippen LogP contribution in [0.25, 0.3) is 0 Å². The molecule has 3 atom stereocenters. The van der Waals surface area contributed by atoms with Crippen LogP contribution in [0.2, 0.25) is 0 Å². The summed E-state index contributed by atoms with van der Waals surface area (Å²) >= 11 is 1.97. The van der Waals surface area contributed by atoms with E-state index in [0.29, 0.717) is 17.2 Å². The Bertz CT molecular complexity index is 401. The van der Waals surface area contributed by atoms with E-state index in [0.717, 1.165) is 18.3 Å². The minimum Gasteiger partial charge on any atom is -0.339 e. The molecular weight excluding hydrogens is 258 g/mol. The first kappa shape index (κ1) is 13.4. The number of nitrogens with one attached hydrogen (secondary N) is 1. The van der Waals surface area contributed by atoms with Crippen molar-refractivity contribution in [3.05, 3.63) is 11.7 Å². The van der Waals surface area contributed by atoms with Gasteiger partial charge in [-0.3, -0.25) is 0 Å². The van der Waals surface area contributed by atoms with E-state index in [1.54, 1.807) is 0 Å². The molecule has 2 fully saturated rings. The molecule has 1 aliphatic heterocycles. The molecule has 4 nitrogen and oxygen atoms in total. The van der Waals surface area contributed by atoms with Crippen LogP contribution in [-0.4, -0.2) is 28.5 Å². The standard InChI is InChI=1S/C14H23N3OS/c1-2-15-11-7-4-3-6-10(11)14-16-13(17-18-14)12-8-5-9-19-12/h10-12,15H,2-9H2,1H3. The summed E-state index contributed by atoms with van der Waals surface area (Å²) < 4.78 is 5.58. The van der Waals surface area contributed by atoms with Crippen LogP contribution in [-0.2, 0) is 0 Å². The van der Waals surface area contributed by atoms with Crippen LogP contribution >= 0.6 is 11.8 Å². The fourth-order valence-electron chi connectivity index (χ4n) is 3.24. The number of hydrogen-bond donors (Lipinski definition) is 1. The molecule has 5 heteroatoms. The second kappa shape index (κ2) is 6.27. The Kier molecular flexibility index (Phi) is 4.43. The van der Waals surface area contributed by atoms with Crippen molar-refractivity contribution < 1.29 is 4.52 Å². The van der Waals surface area contributed by atoms with Gasteiger partial charge in [0.05, 0.1) is 11.2 Å². The number of rotatable bonds is 4. The zero-order valence-electron chi connectivity index (χ0n) is 11.6. The molecule has 2 heterocycles. The number of nitrogens with zero attached hydrogens (tertiary/aromatic N) is 2. The Morgan fingerprint density at radius 2 is 2.16 bits per heavy atom. The fraction of sp³-hybridized carbons (Fsp3) is 0.857. The molecule has 1 saturated heterocycles. The van der Waals surface area contributed by atoms with Crippen molar-refractivity contribution in [2.45, 2.75) is 62.7 Å². The highest BCUT2D eigenvalue weighted by molar-refractivity contribution is 7.99. The monoisotopic (exact) mass is 281 g/mol. The van der Waals surface area contributed by atoms with Gasteiger partial charge in [0.1, 0.15) is 0 Å². The average molecular weight is 281 g/mol. The average Bonchev–Trinajstić information content (AvgIpc) is 3.11. The van der Waals surface area contributed by atoms with E-state index >= 15 is 0 Å². The van der Waals surface area contributed by atoms with Gasteiger partial charge in [0, 0.05) is 6.04 Å². The lowest BCUT2D eigenvalue weighted by molar-refractivity contribution is 0.264. The summed E-state index contributed by atoms with van der Waals surface area (Å²) in [6.07, 6.45) is 7.48. The van der Waals surface area contributed by atoms with Crippen molar-refractivity contribution in [1.29, 1.82) is 0 Å². The minimum atomic E-state index is 0.418. The maximum absolute atomic E-state index is 5.58. The predicted molar refractivity (Wildman–Crippen MR) is 77.4 cm³/mol. The topological polar surface area (TPSA) is 51.0 Å². The highest BCUT2D eigenvalue weighted by Gasteiger charge is 2.31. The SMILES string of the molecule is CCNC1CCCCC1c1nc(C2CCCS2)no1. The van der Waals surface area contributed by atoms with Gasteiger partial charge >= 0.3 is 0 Å². The lowest BCUT2D eigenvalue weighted by Gasteiger charge is -2.29.